The van der Waals surface area contributed by atoms with Gasteiger partial charge in [-0.1, -0.05) is 27.7 Å². The molecule has 1 saturated heterocycles. The van der Waals surface area contributed by atoms with Crippen molar-refractivity contribution in [2.75, 3.05) is 45.8 Å². The van der Waals surface area contributed by atoms with Gasteiger partial charge in [-0.05, 0) is 19.5 Å². The maximum absolute atomic E-state index is 11.7. The van der Waals surface area contributed by atoms with Gasteiger partial charge in [0.2, 0.25) is 5.91 Å². The summed E-state index contributed by atoms with van der Waals surface area (Å²) < 4.78 is 0. The number of amides is 1. The van der Waals surface area contributed by atoms with Gasteiger partial charge >= 0.3 is 0 Å². The van der Waals surface area contributed by atoms with Gasteiger partial charge < -0.3 is 15.1 Å². The summed E-state index contributed by atoms with van der Waals surface area (Å²) in [4.78, 5) is 16.6. The maximum atomic E-state index is 11.7. The summed E-state index contributed by atoms with van der Waals surface area (Å²) in [6, 6.07) is 0. The summed E-state index contributed by atoms with van der Waals surface area (Å²) in [7, 11) is 0. The minimum absolute atomic E-state index is 0.151. The summed E-state index contributed by atoms with van der Waals surface area (Å²) in [6.45, 7) is 15.8. The van der Waals surface area contributed by atoms with Crippen molar-refractivity contribution < 1.29 is 4.79 Å². The smallest absolute Gasteiger partial charge is 0.225 e. The fraction of sp³-hybridized carbons (Fsp3) is 0.929. The molecule has 4 heteroatoms. The highest BCUT2D eigenvalue weighted by Gasteiger charge is 2.20. The minimum Gasteiger partial charge on any atom is -0.356 e. The fourth-order valence-corrected chi connectivity index (χ4v) is 2.10. The van der Waals surface area contributed by atoms with Crippen molar-refractivity contribution >= 4 is 5.91 Å². The minimum atomic E-state index is -0.271. The Labute approximate surface area is 112 Å². The molecule has 4 nitrogen and oxygen atoms in total. The number of rotatable bonds is 5. The van der Waals surface area contributed by atoms with Gasteiger partial charge in [-0.2, -0.15) is 0 Å². The van der Waals surface area contributed by atoms with Crippen LogP contribution in [-0.4, -0.2) is 61.5 Å². The van der Waals surface area contributed by atoms with E-state index in [0.29, 0.717) is 0 Å². The molecule has 0 atom stereocenters. The first-order valence-electron chi connectivity index (χ1n) is 7.16. The van der Waals surface area contributed by atoms with E-state index < -0.39 is 0 Å². The fourth-order valence-electron chi connectivity index (χ4n) is 2.10. The molecule has 0 saturated carbocycles. The van der Waals surface area contributed by atoms with E-state index in [0.717, 1.165) is 26.1 Å². The van der Waals surface area contributed by atoms with E-state index in [4.69, 9.17) is 0 Å². The maximum Gasteiger partial charge on any atom is 0.225 e. The topological polar surface area (TPSA) is 35.6 Å². The molecule has 0 aromatic heterocycles. The Balaban J connectivity index is 2.07. The second-order valence-electron chi connectivity index (χ2n) is 6.14. The Morgan fingerprint density at radius 1 is 1.11 bits per heavy atom. The Bertz CT molecular complexity index is 252. The van der Waals surface area contributed by atoms with Crippen LogP contribution in [0.2, 0.25) is 0 Å². The van der Waals surface area contributed by atoms with Crippen molar-refractivity contribution in [3.8, 4) is 0 Å². The molecular formula is C14H29N3O. The highest BCUT2D eigenvalue weighted by molar-refractivity contribution is 5.81. The van der Waals surface area contributed by atoms with Crippen LogP contribution in [-0.2, 0) is 4.79 Å². The van der Waals surface area contributed by atoms with Crippen molar-refractivity contribution in [2.45, 2.75) is 34.1 Å². The summed E-state index contributed by atoms with van der Waals surface area (Å²) in [5.74, 6) is 0.151. The summed E-state index contributed by atoms with van der Waals surface area (Å²) >= 11 is 0. The van der Waals surface area contributed by atoms with Crippen LogP contribution in [0.1, 0.15) is 34.1 Å². The standard InChI is InChI=1S/C14H29N3O/c1-5-16-9-11-17(12-10-16)8-6-7-15-13(18)14(2,3)4/h5-12H2,1-4H3,(H,15,18). The average Bonchev–Trinajstić information content (AvgIpc) is 2.34. The van der Waals surface area contributed by atoms with Crippen LogP contribution in [0.25, 0.3) is 0 Å². The molecule has 0 unspecified atom stereocenters. The lowest BCUT2D eigenvalue weighted by molar-refractivity contribution is -0.128. The van der Waals surface area contributed by atoms with Gasteiger partial charge in [0.1, 0.15) is 0 Å². The third-order valence-electron chi connectivity index (χ3n) is 3.53. The van der Waals surface area contributed by atoms with E-state index >= 15 is 0 Å². The zero-order valence-corrected chi connectivity index (χ0v) is 12.5. The predicted octanol–water partition coefficient (Wildman–Crippen LogP) is 1.18. The van der Waals surface area contributed by atoms with Crippen LogP contribution >= 0.6 is 0 Å². The van der Waals surface area contributed by atoms with Crippen molar-refractivity contribution in [2.24, 2.45) is 5.41 Å². The van der Waals surface area contributed by atoms with Gasteiger partial charge in [-0.3, -0.25) is 4.79 Å². The lowest BCUT2D eigenvalue weighted by Crippen LogP contribution is -2.46. The number of likely N-dealkylation sites (N-methyl/N-ethyl adjacent to an activating group) is 1. The van der Waals surface area contributed by atoms with Crippen molar-refractivity contribution in [3.05, 3.63) is 0 Å². The Morgan fingerprint density at radius 3 is 2.17 bits per heavy atom. The first-order valence-corrected chi connectivity index (χ1v) is 7.16. The third kappa shape index (κ3) is 5.36. The molecule has 1 fully saturated rings. The monoisotopic (exact) mass is 255 g/mol. The summed E-state index contributed by atoms with van der Waals surface area (Å²) in [6.07, 6.45) is 1.05. The van der Waals surface area contributed by atoms with Crippen LogP contribution in [0, 0.1) is 5.41 Å². The number of piperazine rings is 1. The van der Waals surface area contributed by atoms with E-state index in [1.807, 2.05) is 20.8 Å². The van der Waals surface area contributed by atoms with Crippen LogP contribution in [0.4, 0.5) is 0 Å². The molecule has 106 valence electrons. The zero-order chi connectivity index (χ0) is 13.6. The highest BCUT2D eigenvalue weighted by Crippen LogP contribution is 2.12. The van der Waals surface area contributed by atoms with Gasteiger partial charge in [-0.15, -0.1) is 0 Å². The van der Waals surface area contributed by atoms with Crippen LogP contribution in [0.3, 0.4) is 0 Å². The number of hydrogen-bond acceptors (Lipinski definition) is 3. The van der Waals surface area contributed by atoms with Gasteiger partial charge in [0.05, 0.1) is 0 Å². The molecule has 1 heterocycles. The van der Waals surface area contributed by atoms with Gasteiger partial charge in [0.15, 0.2) is 0 Å². The van der Waals surface area contributed by atoms with E-state index in [1.54, 1.807) is 0 Å². The first-order chi connectivity index (χ1) is 8.43. The molecule has 1 N–H and O–H groups in total. The Hall–Kier alpha value is -0.610. The van der Waals surface area contributed by atoms with Gasteiger partial charge in [0, 0.05) is 38.1 Å². The number of hydrogen-bond donors (Lipinski definition) is 1. The number of carbonyl (C=O) groups excluding carboxylic acids is 1. The molecule has 0 radical (unpaired) electrons. The van der Waals surface area contributed by atoms with E-state index in [9.17, 15) is 4.79 Å². The molecule has 0 aliphatic carbocycles. The molecule has 0 aromatic rings. The lowest BCUT2D eigenvalue weighted by atomic mass is 9.96. The van der Waals surface area contributed by atoms with Crippen LogP contribution < -0.4 is 5.32 Å². The van der Waals surface area contributed by atoms with Crippen molar-refractivity contribution in [3.63, 3.8) is 0 Å². The van der Waals surface area contributed by atoms with E-state index in [1.165, 1.54) is 26.2 Å². The summed E-state index contributed by atoms with van der Waals surface area (Å²) in [5, 5.41) is 3.01. The van der Waals surface area contributed by atoms with Crippen molar-refractivity contribution in [1.82, 2.24) is 15.1 Å². The normalized spacial score (nSPS) is 18.9. The van der Waals surface area contributed by atoms with Crippen LogP contribution in [0.5, 0.6) is 0 Å². The molecule has 1 aliphatic rings. The second kappa shape index (κ2) is 7.10. The number of carbonyl (C=O) groups is 1. The highest BCUT2D eigenvalue weighted by atomic mass is 16.2. The Morgan fingerprint density at radius 2 is 1.67 bits per heavy atom. The molecule has 0 aromatic carbocycles. The predicted molar refractivity (Wildman–Crippen MR) is 75.6 cm³/mol. The van der Waals surface area contributed by atoms with Gasteiger partial charge in [-0.25, -0.2) is 0 Å². The SMILES string of the molecule is CCN1CCN(CCCNC(=O)C(C)(C)C)CC1. The largest absolute Gasteiger partial charge is 0.356 e. The van der Waals surface area contributed by atoms with Gasteiger partial charge in [0.25, 0.3) is 0 Å². The lowest BCUT2D eigenvalue weighted by Gasteiger charge is -2.34. The molecule has 0 spiro atoms. The second-order valence-corrected chi connectivity index (χ2v) is 6.14. The van der Waals surface area contributed by atoms with E-state index in [2.05, 4.69) is 22.0 Å². The number of nitrogens with zero attached hydrogens (tertiary/aromatic N) is 2. The summed E-state index contributed by atoms with van der Waals surface area (Å²) in [5.41, 5.74) is -0.271. The number of nitrogens with one attached hydrogen (secondary N) is 1. The molecule has 1 rings (SSSR count). The third-order valence-corrected chi connectivity index (χ3v) is 3.53. The van der Waals surface area contributed by atoms with Crippen LogP contribution in [0.15, 0.2) is 0 Å². The zero-order valence-electron chi connectivity index (χ0n) is 12.5. The molecular weight excluding hydrogens is 226 g/mol. The Kier molecular flexibility index (Phi) is 6.09. The molecule has 18 heavy (non-hydrogen) atoms. The quantitative estimate of drug-likeness (QED) is 0.749. The molecule has 0 bridgehead atoms. The first kappa shape index (κ1) is 15.4. The average molecular weight is 255 g/mol. The van der Waals surface area contributed by atoms with Crippen molar-refractivity contribution in [1.29, 1.82) is 0 Å². The van der Waals surface area contributed by atoms with E-state index in [-0.39, 0.29) is 11.3 Å². The molecule has 1 amide bonds. The molecule has 1 aliphatic heterocycles.